The highest BCUT2D eigenvalue weighted by molar-refractivity contribution is 7.91. The van der Waals surface area contributed by atoms with Crippen LogP contribution in [0.25, 0.3) is 0 Å². The van der Waals surface area contributed by atoms with Crippen molar-refractivity contribution in [3.63, 3.8) is 0 Å². The zero-order chi connectivity index (χ0) is 15.0. The molecule has 0 aliphatic heterocycles. The molecule has 0 aromatic heterocycles. The van der Waals surface area contributed by atoms with E-state index >= 15 is 0 Å². The summed E-state index contributed by atoms with van der Waals surface area (Å²) < 4.78 is 24.3. The standard InChI is InChI=1S/C13H18N2O4S/c14-11-12-2-1-3-13(10-12)20(18,19)9-6-15(4-7-16)5-8-17/h1-3,10,16-17H,4-9H2. The first-order valence-corrected chi connectivity index (χ1v) is 7.85. The van der Waals surface area contributed by atoms with Crippen LogP contribution in [-0.2, 0) is 9.84 Å². The Kier molecular flexibility index (Phi) is 6.61. The number of hydrogen-bond donors (Lipinski definition) is 2. The Bertz CT molecular complexity index is 560. The number of nitriles is 1. The van der Waals surface area contributed by atoms with Crippen molar-refractivity contribution in [2.45, 2.75) is 4.90 Å². The van der Waals surface area contributed by atoms with Gasteiger partial charge in [0.1, 0.15) is 0 Å². The molecule has 20 heavy (non-hydrogen) atoms. The van der Waals surface area contributed by atoms with Gasteiger partial charge in [-0.05, 0) is 18.2 Å². The van der Waals surface area contributed by atoms with E-state index in [9.17, 15) is 8.42 Å². The van der Waals surface area contributed by atoms with Crippen LogP contribution in [0, 0.1) is 11.3 Å². The third kappa shape index (κ3) is 4.90. The number of hydrogen-bond acceptors (Lipinski definition) is 6. The van der Waals surface area contributed by atoms with Gasteiger partial charge in [0.15, 0.2) is 9.84 Å². The van der Waals surface area contributed by atoms with Gasteiger partial charge in [0.2, 0.25) is 0 Å². The van der Waals surface area contributed by atoms with E-state index in [2.05, 4.69) is 0 Å². The molecule has 0 heterocycles. The predicted molar refractivity (Wildman–Crippen MR) is 73.8 cm³/mol. The van der Waals surface area contributed by atoms with Crippen LogP contribution in [0.1, 0.15) is 5.56 Å². The molecule has 0 spiro atoms. The van der Waals surface area contributed by atoms with Crippen molar-refractivity contribution in [1.82, 2.24) is 4.90 Å². The Morgan fingerprint density at radius 1 is 1.15 bits per heavy atom. The number of benzene rings is 1. The lowest BCUT2D eigenvalue weighted by atomic mass is 10.2. The summed E-state index contributed by atoms with van der Waals surface area (Å²) in [7, 11) is -3.48. The van der Waals surface area contributed by atoms with E-state index in [-0.39, 0.29) is 30.4 Å². The van der Waals surface area contributed by atoms with Crippen LogP contribution < -0.4 is 0 Å². The minimum Gasteiger partial charge on any atom is -0.395 e. The molecule has 1 rings (SSSR count). The second-order valence-electron chi connectivity index (χ2n) is 4.25. The molecule has 0 aliphatic rings. The summed E-state index contributed by atoms with van der Waals surface area (Å²) in [6.45, 7) is 0.663. The van der Waals surface area contributed by atoms with Crippen LogP contribution in [-0.4, -0.2) is 62.1 Å². The summed E-state index contributed by atoms with van der Waals surface area (Å²) in [5.41, 5.74) is 0.300. The monoisotopic (exact) mass is 298 g/mol. The lowest BCUT2D eigenvalue weighted by molar-refractivity contribution is 0.167. The van der Waals surface area contributed by atoms with Gasteiger partial charge in [0, 0.05) is 19.6 Å². The van der Waals surface area contributed by atoms with E-state index in [1.165, 1.54) is 18.2 Å². The topological polar surface area (TPSA) is 102 Å². The first-order chi connectivity index (χ1) is 9.53. The lowest BCUT2D eigenvalue weighted by Crippen LogP contribution is -2.34. The third-order valence-electron chi connectivity index (χ3n) is 2.83. The fraction of sp³-hybridized carbons (Fsp3) is 0.462. The number of aliphatic hydroxyl groups excluding tert-OH is 2. The van der Waals surface area contributed by atoms with E-state index < -0.39 is 9.84 Å². The van der Waals surface area contributed by atoms with E-state index in [0.717, 1.165) is 0 Å². The summed E-state index contributed by atoms with van der Waals surface area (Å²) in [4.78, 5) is 1.79. The van der Waals surface area contributed by atoms with Crippen LogP contribution >= 0.6 is 0 Å². The van der Waals surface area contributed by atoms with E-state index in [0.29, 0.717) is 18.7 Å². The van der Waals surface area contributed by atoms with Gasteiger partial charge in [-0.15, -0.1) is 0 Å². The van der Waals surface area contributed by atoms with Crippen LogP contribution in [0.15, 0.2) is 29.2 Å². The van der Waals surface area contributed by atoms with Gasteiger partial charge in [-0.3, -0.25) is 4.90 Å². The van der Waals surface area contributed by atoms with Crippen molar-refractivity contribution in [1.29, 1.82) is 5.26 Å². The summed E-state index contributed by atoms with van der Waals surface area (Å²) in [6.07, 6.45) is 0. The van der Waals surface area contributed by atoms with Crippen LogP contribution in [0.5, 0.6) is 0 Å². The molecule has 6 nitrogen and oxygen atoms in total. The Labute approximate surface area is 118 Å². The van der Waals surface area contributed by atoms with Gasteiger partial charge in [-0.2, -0.15) is 5.26 Å². The SMILES string of the molecule is N#Cc1cccc(S(=O)(=O)CCN(CCO)CCO)c1. The van der Waals surface area contributed by atoms with Gasteiger partial charge < -0.3 is 10.2 Å². The molecule has 1 aromatic carbocycles. The quantitative estimate of drug-likeness (QED) is 0.678. The molecule has 110 valence electrons. The molecule has 2 N–H and O–H groups in total. The van der Waals surface area contributed by atoms with Gasteiger partial charge >= 0.3 is 0 Å². The highest BCUT2D eigenvalue weighted by atomic mass is 32.2. The summed E-state index contributed by atoms with van der Waals surface area (Å²) in [5.74, 6) is -0.123. The second kappa shape index (κ2) is 7.97. The molecule has 0 aliphatic carbocycles. The van der Waals surface area contributed by atoms with E-state index in [1.807, 2.05) is 6.07 Å². The van der Waals surface area contributed by atoms with Crippen LogP contribution in [0.2, 0.25) is 0 Å². The predicted octanol–water partition coefficient (Wildman–Crippen LogP) is -0.381. The van der Waals surface area contributed by atoms with Gasteiger partial charge in [0.05, 0.1) is 35.5 Å². The third-order valence-corrected chi connectivity index (χ3v) is 4.52. The average Bonchev–Trinajstić information content (AvgIpc) is 2.45. The molecule has 0 saturated heterocycles. The zero-order valence-corrected chi connectivity index (χ0v) is 11.9. The number of nitrogens with zero attached hydrogens (tertiary/aromatic N) is 2. The smallest absolute Gasteiger partial charge is 0.179 e. The van der Waals surface area contributed by atoms with E-state index in [4.69, 9.17) is 15.5 Å². The zero-order valence-electron chi connectivity index (χ0n) is 11.1. The van der Waals surface area contributed by atoms with Crippen molar-refractivity contribution in [2.75, 3.05) is 38.6 Å². The average molecular weight is 298 g/mol. The molecule has 1 aromatic rings. The van der Waals surface area contributed by atoms with Gasteiger partial charge in [0.25, 0.3) is 0 Å². The lowest BCUT2D eigenvalue weighted by Gasteiger charge is -2.19. The first kappa shape index (κ1) is 16.6. The fourth-order valence-corrected chi connectivity index (χ4v) is 3.07. The van der Waals surface area contributed by atoms with E-state index in [1.54, 1.807) is 11.0 Å². The highest BCUT2D eigenvalue weighted by Crippen LogP contribution is 2.13. The molecule has 0 amide bonds. The van der Waals surface area contributed by atoms with Crippen LogP contribution in [0.3, 0.4) is 0 Å². The summed E-state index contributed by atoms with van der Waals surface area (Å²) in [6, 6.07) is 7.78. The minimum absolute atomic E-state index is 0.0933. The van der Waals surface area contributed by atoms with Crippen molar-refractivity contribution < 1.29 is 18.6 Å². The molecule has 0 fully saturated rings. The molecular weight excluding hydrogens is 280 g/mol. The summed E-state index contributed by atoms with van der Waals surface area (Å²) >= 11 is 0. The maximum absolute atomic E-state index is 12.2. The first-order valence-electron chi connectivity index (χ1n) is 6.20. The highest BCUT2D eigenvalue weighted by Gasteiger charge is 2.16. The minimum atomic E-state index is -3.48. The maximum Gasteiger partial charge on any atom is 0.179 e. The Morgan fingerprint density at radius 2 is 1.80 bits per heavy atom. The molecule has 0 radical (unpaired) electrons. The summed E-state index contributed by atoms with van der Waals surface area (Å²) in [5, 5.41) is 26.5. The Morgan fingerprint density at radius 3 is 2.35 bits per heavy atom. The van der Waals surface area contributed by atoms with Crippen molar-refractivity contribution in [2.24, 2.45) is 0 Å². The molecular formula is C13H18N2O4S. The number of rotatable bonds is 8. The largest absolute Gasteiger partial charge is 0.395 e. The van der Waals surface area contributed by atoms with Crippen molar-refractivity contribution >= 4 is 9.84 Å². The maximum atomic E-state index is 12.2. The Hall–Kier alpha value is -1.46. The number of sulfone groups is 1. The van der Waals surface area contributed by atoms with Gasteiger partial charge in [-0.1, -0.05) is 6.07 Å². The molecule has 0 saturated carbocycles. The fourth-order valence-electron chi connectivity index (χ4n) is 1.74. The second-order valence-corrected chi connectivity index (χ2v) is 6.36. The van der Waals surface area contributed by atoms with Crippen molar-refractivity contribution in [3.8, 4) is 6.07 Å². The molecule has 0 unspecified atom stereocenters. The van der Waals surface area contributed by atoms with Crippen LogP contribution in [0.4, 0.5) is 0 Å². The molecule has 7 heteroatoms. The normalized spacial score (nSPS) is 11.5. The number of aliphatic hydroxyl groups is 2. The van der Waals surface area contributed by atoms with Crippen molar-refractivity contribution in [3.05, 3.63) is 29.8 Å². The van der Waals surface area contributed by atoms with Gasteiger partial charge in [-0.25, -0.2) is 8.42 Å². The molecule has 0 bridgehead atoms. The Balaban J connectivity index is 2.76. The molecule has 0 atom stereocenters.